The highest BCUT2D eigenvalue weighted by Gasteiger charge is 2.41. The Balaban J connectivity index is 2.64. The lowest BCUT2D eigenvalue weighted by Crippen LogP contribution is -2.39. The van der Waals surface area contributed by atoms with Gasteiger partial charge in [-0.25, -0.2) is 0 Å². The van der Waals surface area contributed by atoms with Crippen molar-refractivity contribution in [1.82, 2.24) is 0 Å². The molecule has 0 bridgehead atoms. The van der Waals surface area contributed by atoms with Crippen molar-refractivity contribution < 1.29 is 9.90 Å². The summed E-state index contributed by atoms with van der Waals surface area (Å²) in [6.45, 7) is 0. The Morgan fingerprint density at radius 2 is 2.00 bits per heavy atom. The minimum absolute atomic E-state index is 0.00470. The van der Waals surface area contributed by atoms with Gasteiger partial charge in [0, 0.05) is 12.3 Å². The fourth-order valence-corrected chi connectivity index (χ4v) is 2.03. The molecule has 0 amide bonds. The van der Waals surface area contributed by atoms with E-state index in [2.05, 4.69) is 0 Å². The molecule has 0 saturated heterocycles. The van der Waals surface area contributed by atoms with Crippen molar-refractivity contribution in [3.8, 4) is 0 Å². The van der Waals surface area contributed by atoms with Gasteiger partial charge < -0.3 is 5.11 Å². The van der Waals surface area contributed by atoms with Crippen LogP contribution in [0, 0.1) is 5.92 Å². The predicted octanol–water partition coefficient (Wildman–Crippen LogP) is 2.48. The molecule has 13 heavy (non-hydrogen) atoms. The van der Waals surface area contributed by atoms with Crippen molar-refractivity contribution in [2.24, 2.45) is 5.92 Å². The molecular formula is C8H11Cl3O2. The molecule has 1 saturated carbocycles. The maximum Gasteiger partial charge on any atom is 0.216 e. The van der Waals surface area contributed by atoms with Crippen LogP contribution in [0.3, 0.4) is 0 Å². The van der Waals surface area contributed by atoms with E-state index in [9.17, 15) is 9.90 Å². The summed E-state index contributed by atoms with van der Waals surface area (Å²) in [5, 5.41) is 9.56. The van der Waals surface area contributed by atoms with Crippen LogP contribution in [-0.4, -0.2) is 20.8 Å². The molecule has 0 aromatic heterocycles. The first-order valence-corrected chi connectivity index (χ1v) is 5.34. The standard InChI is InChI=1S/C8H11Cl3O2/c9-8(10,11)7(13)5-3-1-2-4-6(5)12/h5,7,13H,1-4H2/t5?,7-/m1/s1. The Kier molecular flexibility index (Phi) is 3.87. The van der Waals surface area contributed by atoms with Crippen LogP contribution in [0.15, 0.2) is 0 Å². The Labute approximate surface area is 92.2 Å². The number of Topliss-reactive ketones (excluding diaryl/α,β-unsaturated/α-hetero) is 1. The molecule has 0 heterocycles. The van der Waals surface area contributed by atoms with Gasteiger partial charge in [0.1, 0.15) is 11.9 Å². The van der Waals surface area contributed by atoms with Crippen LogP contribution in [-0.2, 0) is 4.79 Å². The van der Waals surface area contributed by atoms with Gasteiger partial charge in [0.05, 0.1) is 0 Å². The second-order valence-electron chi connectivity index (χ2n) is 3.31. The van der Waals surface area contributed by atoms with Crippen LogP contribution in [0.1, 0.15) is 25.7 Å². The van der Waals surface area contributed by atoms with Crippen molar-refractivity contribution in [1.29, 1.82) is 0 Å². The number of ketones is 1. The van der Waals surface area contributed by atoms with Gasteiger partial charge in [-0.15, -0.1) is 0 Å². The average molecular weight is 246 g/mol. The summed E-state index contributed by atoms with van der Waals surface area (Å²) in [6, 6.07) is 0. The molecular weight excluding hydrogens is 234 g/mol. The molecule has 5 heteroatoms. The third-order valence-corrected chi connectivity index (χ3v) is 2.99. The van der Waals surface area contributed by atoms with E-state index in [4.69, 9.17) is 34.8 Å². The zero-order chi connectivity index (χ0) is 10.1. The van der Waals surface area contributed by atoms with E-state index >= 15 is 0 Å². The predicted molar refractivity (Wildman–Crippen MR) is 53.3 cm³/mol. The lowest BCUT2D eigenvalue weighted by molar-refractivity contribution is -0.128. The van der Waals surface area contributed by atoms with Crippen LogP contribution in [0.2, 0.25) is 0 Å². The lowest BCUT2D eigenvalue weighted by Gasteiger charge is -2.29. The maximum absolute atomic E-state index is 11.3. The first-order chi connectivity index (χ1) is 5.93. The van der Waals surface area contributed by atoms with Crippen LogP contribution < -0.4 is 0 Å². The molecule has 2 nitrogen and oxygen atoms in total. The molecule has 1 aliphatic rings. The Bertz CT molecular complexity index is 200. The number of aliphatic hydroxyl groups excluding tert-OH is 1. The molecule has 0 spiro atoms. The Morgan fingerprint density at radius 1 is 1.38 bits per heavy atom. The molecule has 0 aliphatic heterocycles. The van der Waals surface area contributed by atoms with Crippen molar-refractivity contribution >= 4 is 40.6 Å². The molecule has 1 unspecified atom stereocenters. The van der Waals surface area contributed by atoms with E-state index in [1.807, 2.05) is 0 Å². The number of rotatable bonds is 1. The van der Waals surface area contributed by atoms with Gasteiger partial charge in [-0.1, -0.05) is 41.2 Å². The summed E-state index contributed by atoms with van der Waals surface area (Å²) in [5.41, 5.74) is 0. The number of aliphatic hydroxyl groups is 1. The smallest absolute Gasteiger partial charge is 0.216 e. The van der Waals surface area contributed by atoms with E-state index in [0.29, 0.717) is 12.8 Å². The van der Waals surface area contributed by atoms with E-state index < -0.39 is 15.8 Å². The molecule has 1 N–H and O–H groups in total. The number of hydrogen-bond donors (Lipinski definition) is 1. The summed E-state index contributed by atoms with van der Waals surface area (Å²) in [4.78, 5) is 11.3. The quantitative estimate of drug-likeness (QED) is 0.721. The number of hydrogen-bond acceptors (Lipinski definition) is 2. The van der Waals surface area contributed by atoms with Gasteiger partial charge in [0.15, 0.2) is 0 Å². The molecule has 2 atom stereocenters. The number of carbonyl (C=O) groups is 1. The molecule has 76 valence electrons. The van der Waals surface area contributed by atoms with Gasteiger partial charge in [-0.3, -0.25) is 4.79 Å². The highest BCUT2D eigenvalue weighted by atomic mass is 35.6. The second kappa shape index (κ2) is 4.35. The third-order valence-electron chi connectivity index (χ3n) is 2.32. The van der Waals surface area contributed by atoms with Crippen LogP contribution >= 0.6 is 34.8 Å². The largest absolute Gasteiger partial charge is 0.388 e. The topological polar surface area (TPSA) is 37.3 Å². The van der Waals surface area contributed by atoms with Crippen molar-refractivity contribution in [2.45, 2.75) is 35.6 Å². The van der Waals surface area contributed by atoms with Gasteiger partial charge in [0.25, 0.3) is 0 Å². The van der Waals surface area contributed by atoms with E-state index in [1.165, 1.54) is 0 Å². The van der Waals surface area contributed by atoms with Gasteiger partial charge in [0.2, 0.25) is 3.79 Å². The molecule has 1 fully saturated rings. The van der Waals surface area contributed by atoms with Gasteiger partial charge in [-0.2, -0.15) is 0 Å². The normalized spacial score (nSPS) is 27.4. The van der Waals surface area contributed by atoms with Crippen molar-refractivity contribution in [3.63, 3.8) is 0 Å². The van der Waals surface area contributed by atoms with Gasteiger partial charge in [-0.05, 0) is 12.8 Å². The highest BCUT2D eigenvalue weighted by Crippen LogP contribution is 2.37. The molecule has 1 aliphatic carbocycles. The van der Waals surface area contributed by atoms with Gasteiger partial charge >= 0.3 is 0 Å². The average Bonchev–Trinajstić information content (AvgIpc) is 2.02. The summed E-state index contributed by atoms with van der Waals surface area (Å²) in [7, 11) is 0. The molecule has 0 aromatic rings. The first kappa shape index (κ1) is 11.6. The van der Waals surface area contributed by atoms with Crippen LogP contribution in [0.5, 0.6) is 0 Å². The second-order valence-corrected chi connectivity index (χ2v) is 5.67. The van der Waals surface area contributed by atoms with E-state index in [1.54, 1.807) is 0 Å². The van der Waals surface area contributed by atoms with Crippen LogP contribution in [0.4, 0.5) is 0 Å². The SMILES string of the molecule is O=C1CCCCC1[C@@H](O)C(Cl)(Cl)Cl. The summed E-state index contributed by atoms with van der Waals surface area (Å²) >= 11 is 16.5. The summed E-state index contributed by atoms with van der Waals surface area (Å²) in [5.74, 6) is -0.494. The Hall–Kier alpha value is 0.500. The zero-order valence-electron chi connectivity index (χ0n) is 6.97. The molecule has 0 radical (unpaired) electrons. The number of alkyl halides is 3. The monoisotopic (exact) mass is 244 g/mol. The Morgan fingerprint density at radius 3 is 2.46 bits per heavy atom. The van der Waals surface area contributed by atoms with E-state index in [0.717, 1.165) is 12.8 Å². The minimum atomic E-state index is -1.75. The first-order valence-electron chi connectivity index (χ1n) is 4.20. The summed E-state index contributed by atoms with van der Waals surface area (Å²) < 4.78 is -1.75. The third kappa shape index (κ3) is 2.98. The van der Waals surface area contributed by atoms with Crippen molar-refractivity contribution in [3.05, 3.63) is 0 Å². The van der Waals surface area contributed by atoms with Crippen molar-refractivity contribution in [2.75, 3.05) is 0 Å². The minimum Gasteiger partial charge on any atom is -0.388 e. The lowest BCUT2D eigenvalue weighted by atomic mass is 9.84. The fraction of sp³-hybridized carbons (Fsp3) is 0.875. The number of halogens is 3. The summed E-state index contributed by atoms with van der Waals surface area (Å²) in [6.07, 6.45) is 1.72. The highest BCUT2D eigenvalue weighted by molar-refractivity contribution is 6.68. The van der Waals surface area contributed by atoms with E-state index in [-0.39, 0.29) is 5.78 Å². The molecule has 0 aromatic carbocycles. The number of carbonyl (C=O) groups excluding carboxylic acids is 1. The maximum atomic E-state index is 11.3. The fourth-order valence-electron chi connectivity index (χ4n) is 1.57. The molecule has 1 rings (SSSR count). The zero-order valence-corrected chi connectivity index (χ0v) is 9.24. The van der Waals surface area contributed by atoms with Crippen LogP contribution in [0.25, 0.3) is 0 Å².